The molecule has 8 heteroatoms. The Hall–Kier alpha value is -3.71. The molecule has 0 aliphatic rings. The van der Waals surface area contributed by atoms with Gasteiger partial charge in [0.2, 0.25) is 0 Å². The van der Waals surface area contributed by atoms with E-state index >= 15 is 0 Å². The minimum absolute atomic E-state index is 0.113. The lowest BCUT2D eigenvalue weighted by atomic mass is 10.1. The van der Waals surface area contributed by atoms with Crippen LogP contribution in [0.1, 0.15) is 53.8 Å². The molecule has 0 saturated heterocycles. The summed E-state index contributed by atoms with van der Waals surface area (Å²) in [6, 6.07) is 19.3. The van der Waals surface area contributed by atoms with Crippen molar-refractivity contribution < 1.29 is 19.0 Å². The molecule has 7 nitrogen and oxygen atoms in total. The third kappa shape index (κ3) is 7.69. The Morgan fingerprint density at radius 1 is 0.925 bits per heavy atom. The zero-order chi connectivity index (χ0) is 28.3. The third-order valence-corrected chi connectivity index (χ3v) is 7.34. The van der Waals surface area contributed by atoms with Crippen LogP contribution in [0.4, 0.5) is 0 Å². The van der Waals surface area contributed by atoms with E-state index in [0.29, 0.717) is 30.2 Å². The number of rotatable bonds is 15. The number of hydrogen-bond donors (Lipinski definition) is 1. The van der Waals surface area contributed by atoms with Crippen molar-refractivity contribution in [3.05, 3.63) is 82.6 Å². The molecule has 0 fully saturated rings. The molecule has 1 aromatic heterocycles. The van der Waals surface area contributed by atoms with Crippen molar-refractivity contribution in [3.8, 4) is 17.2 Å². The number of nitrogens with one attached hydrogen (secondary N) is 1. The SMILES string of the molecule is COc1ccc(C(=O)NCCCCCc2nc3ccccc3n2CCCCOc2ccc(Cl)c(C)c2)cc1OC. The molecular formula is C32H38ClN3O4. The van der Waals surface area contributed by atoms with Gasteiger partial charge in [-0.25, -0.2) is 4.98 Å². The minimum atomic E-state index is -0.113. The Morgan fingerprint density at radius 3 is 2.55 bits per heavy atom. The molecular weight excluding hydrogens is 526 g/mol. The van der Waals surface area contributed by atoms with Crippen LogP contribution < -0.4 is 19.5 Å². The second-order valence-corrected chi connectivity index (χ2v) is 10.2. The molecule has 0 spiro atoms. The van der Waals surface area contributed by atoms with Gasteiger partial charge in [0, 0.05) is 30.1 Å². The highest BCUT2D eigenvalue weighted by Crippen LogP contribution is 2.27. The first-order chi connectivity index (χ1) is 19.5. The van der Waals surface area contributed by atoms with Crippen LogP contribution in [-0.2, 0) is 13.0 Å². The average Bonchev–Trinajstić information content (AvgIpc) is 3.33. The summed E-state index contributed by atoms with van der Waals surface area (Å²) < 4.78 is 18.8. The Labute approximate surface area is 241 Å². The smallest absolute Gasteiger partial charge is 0.251 e. The lowest BCUT2D eigenvalue weighted by molar-refractivity contribution is 0.0952. The lowest BCUT2D eigenvalue weighted by Crippen LogP contribution is -2.24. The second-order valence-electron chi connectivity index (χ2n) is 9.77. The van der Waals surface area contributed by atoms with Gasteiger partial charge in [-0.05, 0) is 86.7 Å². The number of ether oxygens (including phenoxy) is 3. The maximum Gasteiger partial charge on any atom is 0.251 e. The van der Waals surface area contributed by atoms with Crippen LogP contribution in [0.2, 0.25) is 5.02 Å². The van der Waals surface area contributed by atoms with Crippen LogP contribution >= 0.6 is 11.6 Å². The predicted octanol–water partition coefficient (Wildman–Crippen LogP) is 7.02. The number of halogens is 1. The number of nitrogens with zero attached hydrogens (tertiary/aromatic N) is 2. The van der Waals surface area contributed by atoms with Crippen LogP contribution in [-0.4, -0.2) is 42.8 Å². The summed E-state index contributed by atoms with van der Waals surface area (Å²) in [5, 5.41) is 3.76. The molecule has 0 radical (unpaired) electrons. The van der Waals surface area contributed by atoms with Gasteiger partial charge in [0.25, 0.3) is 5.91 Å². The van der Waals surface area contributed by atoms with Gasteiger partial charge in [-0.2, -0.15) is 0 Å². The molecule has 40 heavy (non-hydrogen) atoms. The first kappa shape index (κ1) is 29.3. The van der Waals surface area contributed by atoms with E-state index in [4.69, 9.17) is 30.8 Å². The molecule has 212 valence electrons. The Balaban J connectivity index is 1.22. The first-order valence-corrected chi connectivity index (χ1v) is 14.2. The van der Waals surface area contributed by atoms with Gasteiger partial charge in [-0.1, -0.05) is 30.2 Å². The number of amides is 1. The fraction of sp³-hybridized carbons (Fsp3) is 0.375. The van der Waals surface area contributed by atoms with Crippen LogP contribution in [0.15, 0.2) is 60.7 Å². The van der Waals surface area contributed by atoms with Gasteiger partial charge in [0.1, 0.15) is 11.6 Å². The number of benzene rings is 3. The first-order valence-electron chi connectivity index (χ1n) is 13.8. The zero-order valence-corrected chi connectivity index (χ0v) is 24.3. The van der Waals surface area contributed by atoms with E-state index in [-0.39, 0.29) is 5.91 Å². The number of imidazole rings is 1. The summed E-state index contributed by atoms with van der Waals surface area (Å²) in [4.78, 5) is 17.5. The maximum atomic E-state index is 12.5. The van der Waals surface area contributed by atoms with Gasteiger partial charge in [-0.3, -0.25) is 4.79 Å². The summed E-state index contributed by atoms with van der Waals surface area (Å²) in [6.07, 6.45) is 5.77. The number of aryl methyl sites for hydroxylation is 3. The van der Waals surface area contributed by atoms with Crippen molar-refractivity contribution in [1.82, 2.24) is 14.9 Å². The van der Waals surface area contributed by atoms with E-state index in [1.54, 1.807) is 32.4 Å². The molecule has 0 unspecified atom stereocenters. The number of carbonyl (C=O) groups is 1. The molecule has 0 atom stereocenters. The Morgan fingerprint density at radius 2 is 1.75 bits per heavy atom. The molecule has 0 saturated carbocycles. The number of hydrogen-bond acceptors (Lipinski definition) is 5. The highest BCUT2D eigenvalue weighted by atomic mass is 35.5. The van der Waals surface area contributed by atoms with Crippen molar-refractivity contribution in [2.75, 3.05) is 27.4 Å². The fourth-order valence-electron chi connectivity index (χ4n) is 4.70. The van der Waals surface area contributed by atoms with E-state index in [1.165, 1.54) is 5.52 Å². The molecule has 0 aliphatic carbocycles. The van der Waals surface area contributed by atoms with Gasteiger partial charge >= 0.3 is 0 Å². The standard InChI is InChI=1S/C32H38ClN3O4/c1-23-21-25(15-16-26(23)33)40-20-10-9-19-36-28-12-7-6-11-27(28)35-31(36)13-5-4-8-18-34-32(37)24-14-17-29(38-2)30(22-24)39-3/h6-7,11-12,14-17,21-22H,4-5,8-10,13,18-20H2,1-3H3,(H,34,37). The third-order valence-electron chi connectivity index (χ3n) is 6.92. The summed E-state index contributed by atoms with van der Waals surface area (Å²) in [6.45, 7) is 4.17. The Bertz CT molecular complexity index is 1420. The summed E-state index contributed by atoms with van der Waals surface area (Å²) >= 11 is 6.11. The number of aromatic nitrogens is 2. The number of methoxy groups -OCH3 is 2. The summed E-state index contributed by atoms with van der Waals surface area (Å²) in [7, 11) is 3.14. The topological polar surface area (TPSA) is 74.6 Å². The van der Waals surface area contributed by atoms with E-state index in [1.807, 2.05) is 31.2 Å². The fourth-order valence-corrected chi connectivity index (χ4v) is 4.82. The molecule has 4 aromatic rings. The molecule has 1 heterocycles. The largest absolute Gasteiger partial charge is 0.494 e. The van der Waals surface area contributed by atoms with Crippen molar-refractivity contribution in [2.45, 2.75) is 52.0 Å². The van der Waals surface area contributed by atoms with Crippen molar-refractivity contribution in [1.29, 1.82) is 0 Å². The molecule has 4 rings (SSSR count). The zero-order valence-electron chi connectivity index (χ0n) is 23.5. The van der Waals surface area contributed by atoms with Crippen LogP contribution in [0.25, 0.3) is 11.0 Å². The monoisotopic (exact) mass is 563 g/mol. The van der Waals surface area contributed by atoms with E-state index in [2.05, 4.69) is 28.1 Å². The lowest BCUT2D eigenvalue weighted by Gasteiger charge is -2.11. The normalized spacial score (nSPS) is 11.0. The Kier molecular flexibility index (Phi) is 10.7. The van der Waals surface area contributed by atoms with Crippen LogP contribution in [0.5, 0.6) is 17.2 Å². The van der Waals surface area contributed by atoms with Crippen molar-refractivity contribution >= 4 is 28.5 Å². The molecule has 0 aliphatic heterocycles. The minimum Gasteiger partial charge on any atom is -0.494 e. The van der Waals surface area contributed by atoms with E-state index < -0.39 is 0 Å². The molecule has 0 bridgehead atoms. The molecule has 1 N–H and O–H groups in total. The van der Waals surface area contributed by atoms with Gasteiger partial charge < -0.3 is 24.1 Å². The number of para-hydroxylation sites is 2. The molecule has 1 amide bonds. The van der Waals surface area contributed by atoms with Gasteiger partial charge in [0.05, 0.1) is 31.9 Å². The van der Waals surface area contributed by atoms with Crippen molar-refractivity contribution in [3.63, 3.8) is 0 Å². The van der Waals surface area contributed by atoms with Gasteiger partial charge in [0.15, 0.2) is 11.5 Å². The van der Waals surface area contributed by atoms with Crippen molar-refractivity contribution in [2.24, 2.45) is 0 Å². The van der Waals surface area contributed by atoms with E-state index in [9.17, 15) is 4.79 Å². The average molecular weight is 564 g/mol. The summed E-state index contributed by atoms with van der Waals surface area (Å²) in [5.41, 5.74) is 3.79. The second kappa shape index (κ2) is 14.6. The highest BCUT2D eigenvalue weighted by Gasteiger charge is 2.12. The number of carbonyl (C=O) groups excluding carboxylic acids is 1. The van der Waals surface area contributed by atoms with Crippen LogP contribution in [0, 0.1) is 6.92 Å². The molecule has 3 aromatic carbocycles. The predicted molar refractivity (Wildman–Crippen MR) is 160 cm³/mol. The van der Waals surface area contributed by atoms with Crippen LogP contribution in [0.3, 0.4) is 0 Å². The quantitative estimate of drug-likeness (QED) is 0.157. The number of fused-ring (bicyclic) bond motifs is 1. The maximum absolute atomic E-state index is 12.5. The number of unbranched alkanes of at least 4 members (excludes halogenated alkanes) is 3. The van der Waals surface area contributed by atoms with Gasteiger partial charge in [-0.15, -0.1) is 0 Å². The summed E-state index contributed by atoms with van der Waals surface area (Å²) in [5.74, 6) is 3.01. The van der Waals surface area contributed by atoms with E-state index in [0.717, 1.165) is 72.7 Å². The highest BCUT2D eigenvalue weighted by molar-refractivity contribution is 6.31.